The molecule has 78 valence electrons. The Morgan fingerprint density at radius 1 is 1.40 bits per heavy atom. The number of nitrogens with zero attached hydrogens (tertiary/aromatic N) is 1. The summed E-state index contributed by atoms with van der Waals surface area (Å²) in [5, 5.41) is 3.99. The highest BCUT2D eigenvalue weighted by molar-refractivity contribution is 6.01. The van der Waals surface area contributed by atoms with Crippen LogP contribution in [0.4, 0.5) is 11.4 Å². The minimum atomic E-state index is 0.620. The van der Waals surface area contributed by atoms with Crippen molar-refractivity contribution in [1.29, 1.82) is 0 Å². The first-order chi connectivity index (χ1) is 7.27. The molecule has 0 saturated carbocycles. The second-order valence-electron chi connectivity index (χ2n) is 3.19. The van der Waals surface area contributed by atoms with Gasteiger partial charge in [-0.25, -0.2) is 0 Å². The van der Waals surface area contributed by atoms with Crippen molar-refractivity contribution in [2.45, 2.75) is 0 Å². The fraction of sp³-hybridized carbons (Fsp3) is 0.182. The molecule has 1 heterocycles. The lowest BCUT2D eigenvalue weighted by Gasteiger charge is -2.11. The number of hydrogen-bond acceptors (Lipinski definition) is 4. The first kappa shape index (κ1) is 9.58. The van der Waals surface area contributed by atoms with Crippen LogP contribution in [0.5, 0.6) is 5.75 Å². The van der Waals surface area contributed by atoms with Gasteiger partial charge in [0.1, 0.15) is 5.75 Å². The van der Waals surface area contributed by atoms with E-state index in [1.165, 1.54) is 0 Å². The fourth-order valence-corrected chi connectivity index (χ4v) is 1.67. The third kappa shape index (κ3) is 1.44. The Hall–Kier alpha value is -1.97. The number of nitrogens with two attached hydrogens (primary N) is 1. The molecule has 0 spiro atoms. The van der Waals surface area contributed by atoms with Crippen LogP contribution in [0.1, 0.15) is 0 Å². The summed E-state index contributed by atoms with van der Waals surface area (Å²) in [6.45, 7) is 0. The molecule has 2 aromatic rings. The maximum atomic E-state index is 5.84. The normalized spacial score (nSPS) is 10.3. The van der Waals surface area contributed by atoms with Crippen molar-refractivity contribution in [2.75, 3.05) is 25.2 Å². The minimum Gasteiger partial charge on any atom is -0.496 e. The minimum absolute atomic E-state index is 0.620. The third-order valence-corrected chi connectivity index (χ3v) is 2.36. The third-order valence-electron chi connectivity index (χ3n) is 2.36. The van der Waals surface area contributed by atoms with E-state index in [9.17, 15) is 0 Å². The zero-order valence-electron chi connectivity index (χ0n) is 8.74. The zero-order valence-corrected chi connectivity index (χ0v) is 8.74. The Kier molecular flexibility index (Phi) is 2.33. The van der Waals surface area contributed by atoms with Crippen molar-refractivity contribution in [1.82, 2.24) is 4.98 Å². The molecule has 15 heavy (non-hydrogen) atoms. The van der Waals surface area contributed by atoms with Gasteiger partial charge in [0.15, 0.2) is 0 Å². The summed E-state index contributed by atoms with van der Waals surface area (Å²) < 4.78 is 5.29. The van der Waals surface area contributed by atoms with Crippen LogP contribution in [0.3, 0.4) is 0 Å². The molecular formula is C11H13N3O. The molecule has 0 amide bonds. The van der Waals surface area contributed by atoms with E-state index in [1.54, 1.807) is 13.3 Å². The number of ether oxygens (including phenoxy) is 1. The molecule has 4 nitrogen and oxygen atoms in total. The summed E-state index contributed by atoms with van der Waals surface area (Å²) in [7, 11) is 3.47. The molecule has 0 bridgehead atoms. The summed E-state index contributed by atoms with van der Waals surface area (Å²) in [5.74, 6) is 0.775. The fourth-order valence-electron chi connectivity index (χ4n) is 1.67. The van der Waals surface area contributed by atoms with Gasteiger partial charge in [-0.15, -0.1) is 0 Å². The Morgan fingerprint density at radius 2 is 2.20 bits per heavy atom. The van der Waals surface area contributed by atoms with Crippen LogP contribution in [0.25, 0.3) is 10.9 Å². The molecule has 0 fully saturated rings. The molecule has 4 heteroatoms. The average molecular weight is 203 g/mol. The largest absolute Gasteiger partial charge is 0.496 e. The van der Waals surface area contributed by atoms with Gasteiger partial charge in [-0.1, -0.05) is 6.07 Å². The van der Waals surface area contributed by atoms with E-state index in [2.05, 4.69) is 10.3 Å². The first-order valence-corrected chi connectivity index (χ1v) is 4.67. The molecule has 0 aliphatic rings. The van der Waals surface area contributed by atoms with E-state index < -0.39 is 0 Å². The van der Waals surface area contributed by atoms with Crippen LogP contribution in [-0.4, -0.2) is 19.1 Å². The van der Waals surface area contributed by atoms with Gasteiger partial charge in [-0.2, -0.15) is 0 Å². The Labute approximate surface area is 88.1 Å². The maximum absolute atomic E-state index is 5.84. The van der Waals surface area contributed by atoms with Crippen molar-refractivity contribution < 1.29 is 4.74 Å². The van der Waals surface area contributed by atoms with E-state index in [-0.39, 0.29) is 0 Å². The van der Waals surface area contributed by atoms with Crippen molar-refractivity contribution in [2.24, 2.45) is 0 Å². The van der Waals surface area contributed by atoms with E-state index in [0.717, 1.165) is 22.3 Å². The summed E-state index contributed by atoms with van der Waals surface area (Å²) in [6.07, 6.45) is 1.65. The van der Waals surface area contributed by atoms with Gasteiger partial charge in [-0.3, -0.25) is 4.98 Å². The molecule has 0 radical (unpaired) electrons. The van der Waals surface area contributed by atoms with E-state index in [0.29, 0.717) is 5.69 Å². The highest BCUT2D eigenvalue weighted by Crippen LogP contribution is 2.34. The number of methoxy groups -OCH3 is 1. The lowest BCUT2D eigenvalue weighted by atomic mass is 10.1. The quantitative estimate of drug-likeness (QED) is 0.782. The van der Waals surface area contributed by atoms with Crippen molar-refractivity contribution >= 4 is 22.3 Å². The lowest BCUT2D eigenvalue weighted by Crippen LogP contribution is -1.99. The molecule has 0 saturated heterocycles. The second kappa shape index (κ2) is 3.65. The molecule has 1 aromatic carbocycles. The number of nitrogen functional groups attached to an aromatic ring is 1. The topological polar surface area (TPSA) is 60.2 Å². The van der Waals surface area contributed by atoms with Gasteiger partial charge in [0.25, 0.3) is 0 Å². The van der Waals surface area contributed by atoms with Crippen LogP contribution in [-0.2, 0) is 0 Å². The lowest BCUT2D eigenvalue weighted by molar-refractivity contribution is 0.420. The van der Waals surface area contributed by atoms with Crippen LogP contribution < -0.4 is 15.8 Å². The van der Waals surface area contributed by atoms with Crippen LogP contribution in [0, 0.1) is 0 Å². The van der Waals surface area contributed by atoms with Gasteiger partial charge >= 0.3 is 0 Å². The molecule has 0 unspecified atom stereocenters. The molecule has 3 N–H and O–H groups in total. The summed E-state index contributed by atoms with van der Waals surface area (Å²) in [6, 6.07) is 5.73. The number of rotatable bonds is 2. The van der Waals surface area contributed by atoms with Crippen molar-refractivity contribution in [3.63, 3.8) is 0 Å². The summed E-state index contributed by atoms with van der Waals surface area (Å²) >= 11 is 0. The van der Waals surface area contributed by atoms with Gasteiger partial charge in [0.05, 0.1) is 35.6 Å². The van der Waals surface area contributed by atoms with Gasteiger partial charge in [0.2, 0.25) is 0 Å². The van der Waals surface area contributed by atoms with Crippen molar-refractivity contribution in [3.8, 4) is 5.75 Å². The van der Waals surface area contributed by atoms with Crippen molar-refractivity contribution in [3.05, 3.63) is 24.4 Å². The zero-order chi connectivity index (χ0) is 10.8. The smallest absolute Gasteiger partial charge is 0.130 e. The number of anilines is 2. The van der Waals surface area contributed by atoms with Gasteiger partial charge in [-0.05, 0) is 12.1 Å². The second-order valence-corrected chi connectivity index (χ2v) is 3.19. The Bertz CT molecular complexity index is 496. The van der Waals surface area contributed by atoms with Crippen LogP contribution in [0.15, 0.2) is 24.4 Å². The number of aromatic nitrogens is 1. The first-order valence-electron chi connectivity index (χ1n) is 4.67. The van der Waals surface area contributed by atoms with E-state index >= 15 is 0 Å². The summed E-state index contributed by atoms with van der Waals surface area (Å²) in [4.78, 5) is 4.25. The van der Waals surface area contributed by atoms with Gasteiger partial charge in [0, 0.05) is 7.05 Å². The molecule has 0 atom stereocenters. The summed E-state index contributed by atoms with van der Waals surface area (Å²) in [5.41, 5.74) is 8.19. The highest BCUT2D eigenvalue weighted by Gasteiger charge is 2.09. The average Bonchev–Trinajstić information content (AvgIpc) is 2.28. The van der Waals surface area contributed by atoms with E-state index in [1.807, 2.05) is 25.2 Å². The highest BCUT2D eigenvalue weighted by atomic mass is 16.5. The molecule has 1 aromatic heterocycles. The number of hydrogen-bond donors (Lipinski definition) is 2. The van der Waals surface area contributed by atoms with Crippen LogP contribution in [0.2, 0.25) is 0 Å². The van der Waals surface area contributed by atoms with Gasteiger partial charge < -0.3 is 15.8 Å². The Morgan fingerprint density at radius 3 is 2.87 bits per heavy atom. The standard InChI is InChI=1S/C11H13N3O/c1-13-11-7(12)6-14-8-4-3-5-9(15-2)10(8)11/h3-6H,12H2,1-2H3,(H,13,14). The number of pyridine rings is 1. The predicted octanol–water partition coefficient (Wildman–Crippen LogP) is 1.87. The SMILES string of the molecule is CNc1c(N)cnc2cccc(OC)c12. The molecule has 2 rings (SSSR count). The van der Waals surface area contributed by atoms with Crippen LogP contribution >= 0.6 is 0 Å². The number of fused-ring (bicyclic) bond motifs is 1. The maximum Gasteiger partial charge on any atom is 0.130 e. The number of nitrogens with one attached hydrogen (secondary N) is 1. The molecular weight excluding hydrogens is 190 g/mol. The molecule has 0 aliphatic heterocycles. The Balaban J connectivity index is 2.87. The monoisotopic (exact) mass is 203 g/mol. The van der Waals surface area contributed by atoms with E-state index in [4.69, 9.17) is 10.5 Å². The predicted molar refractivity (Wildman–Crippen MR) is 62.3 cm³/mol. The molecule has 0 aliphatic carbocycles. The number of benzene rings is 1.